The highest BCUT2D eigenvalue weighted by atomic mass is 19.3. The molecule has 0 amide bonds. The molecule has 0 spiro atoms. The van der Waals surface area contributed by atoms with Crippen LogP contribution in [0.1, 0.15) is 12.8 Å². The average molecular weight is 358 g/mol. The van der Waals surface area contributed by atoms with Crippen molar-refractivity contribution >= 4 is 0 Å². The van der Waals surface area contributed by atoms with E-state index >= 15 is 0 Å². The molecule has 0 aromatic rings. The standard InChI is InChI=1S/C12H14F8O3/c1-21-5-3-11(19,7(13)9(15)16)23-12(20,4-6-22-2)8(14)10(17)18/h3-6H2,1-2H3. The van der Waals surface area contributed by atoms with Gasteiger partial charge in [-0.2, -0.15) is 26.3 Å². The van der Waals surface area contributed by atoms with E-state index in [-0.39, 0.29) is 0 Å². The molecule has 2 unspecified atom stereocenters. The maximum Gasteiger partial charge on any atom is 0.307 e. The van der Waals surface area contributed by atoms with Gasteiger partial charge in [0.15, 0.2) is 0 Å². The first-order valence-electron chi connectivity index (χ1n) is 6.02. The van der Waals surface area contributed by atoms with Gasteiger partial charge >= 0.3 is 12.2 Å². The number of hydrogen-bond donors (Lipinski definition) is 0. The molecule has 23 heavy (non-hydrogen) atoms. The minimum absolute atomic E-state index is 0.749. The zero-order valence-corrected chi connectivity index (χ0v) is 12.1. The fraction of sp³-hybridized carbons (Fsp3) is 0.667. The van der Waals surface area contributed by atoms with Crippen LogP contribution in [0.4, 0.5) is 35.1 Å². The molecule has 0 radical (unpaired) electrons. The Morgan fingerprint density at radius 2 is 1.00 bits per heavy atom. The molecular weight excluding hydrogens is 344 g/mol. The highest BCUT2D eigenvalue weighted by molar-refractivity contribution is 5.11. The van der Waals surface area contributed by atoms with Crippen molar-refractivity contribution in [2.75, 3.05) is 27.4 Å². The smallest absolute Gasteiger partial charge is 0.307 e. The fourth-order valence-electron chi connectivity index (χ4n) is 1.42. The Morgan fingerprint density at radius 3 is 1.22 bits per heavy atom. The van der Waals surface area contributed by atoms with E-state index in [2.05, 4.69) is 14.2 Å². The van der Waals surface area contributed by atoms with E-state index in [1.165, 1.54) is 0 Å². The van der Waals surface area contributed by atoms with E-state index < -0.39 is 61.6 Å². The molecule has 0 aromatic carbocycles. The highest BCUT2D eigenvalue weighted by Gasteiger charge is 2.51. The van der Waals surface area contributed by atoms with Crippen LogP contribution in [0.5, 0.6) is 0 Å². The summed E-state index contributed by atoms with van der Waals surface area (Å²) in [5.41, 5.74) is 0. The van der Waals surface area contributed by atoms with Crippen LogP contribution < -0.4 is 0 Å². The number of hydrogen-bond acceptors (Lipinski definition) is 3. The topological polar surface area (TPSA) is 27.7 Å². The van der Waals surface area contributed by atoms with Gasteiger partial charge in [0.25, 0.3) is 11.7 Å². The van der Waals surface area contributed by atoms with Gasteiger partial charge in [-0.25, -0.2) is 8.78 Å². The zero-order valence-electron chi connectivity index (χ0n) is 12.1. The molecule has 136 valence electrons. The molecular formula is C12H14F8O3. The molecule has 0 aromatic heterocycles. The largest absolute Gasteiger partial charge is 0.384 e. The first-order valence-corrected chi connectivity index (χ1v) is 6.02. The summed E-state index contributed by atoms with van der Waals surface area (Å²) in [4.78, 5) is 0. The second-order valence-corrected chi connectivity index (χ2v) is 4.19. The van der Waals surface area contributed by atoms with Crippen molar-refractivity contribution < 1.29 is 49.3 Å². The van der Waals surface area contributed by atoms with Crippen LogP contribution in [-0.2, 0) is 14.2 Å². The molecule has 0 aliphatic heterocycles. The fourth-order valence-corrected chi connectivity index (χ4v) is 1.42. The van der Waals surface area contributed by atoms with E-state index in [0.717, 1.165) is 14.2 Å². The molecule has 0 bridgehead atoms. The molecule has 0 fully saturated rings. The van der Waals surface area contributed by atoms with Crippen molar-refractivity contribution in [1.29, 1.82) is 0 Å². The van der Waals surface area contributed by atoms with Crippen molar-refractivity contribution in [2.45, 2.75) is 24.6 Å². The van der Waals surface area contributed by atoms with E-state index in [1.54, 1.807) is 0 Å². The molecule has 0 rings (SSSR count). The molecule has 3 nitrogen and oxygen atoms in total. The maximum atomic E-state index is 14.2. The summed E-state index contributed by atoms with van der Waals surface area (Å²) in [5, 5.41) is 0. The second-order valence-electron chi connectivity index (χ2n) is 4.19. The molecule has 11 heteroatoms. The second kappa shape index (κ2) is 9.18. The summed E-state index contributed by atoms with van der Waals surface area (Å²) in [6, 6.07) is 0. The van der Waals surface area contributed by atoms with Gasteiger partial charge in [-0.15, -0.1) is 0 Å². The third-order valence-corrected chi connectivity index (χ3v) is 2.57. The Balaban J connectivity index is 5.78. The van der Waals surface area contributed by atoms with Crippen molar-refractivity contribution in [3.8, 4) is 0 Å². The van der Waals surface area contributed by atoms with Crippen LogP contribution in [-0.4, -0.2) is 39.1 Å². The van der Waals surface area contributed by atoms with Gasteiger partial charge in [0.05, 0.1) is 13.2 Å². The Bertz CT molecular complexity index is 408. The predicted molar refractivity (Wildman–Crippen MR) is 62.4 cm³/mol. The summed E-state index contributed by atoms with van der Waals surface area (Å²) in [6.07, 6.45) is -9.12. The minimum Gasteiger partial charge on any atom is -0.384 e. The van der Waals surface area contributed by atoms with Crippen molar-refractivity contribution in [3.63, 3.8) is 0 Å². The zero-order chi connectivity index (χ0) is 18.3. The minimum atomic E-state index is -4.22. The lowest BCUT2D eigenvalue weighted by molar-refractivity contribution is -0.265. The summed E-state index contributed by atoms with van der Waals surface area (Å²) < 4.78 is 117. The number of halogens is 8. The van der Waals surface area contributed by atoms with Crippen LogP contribution in [0, 0.1) is 0 Å². The predicted octanol–water partition coefficient (Wildman–Crippen LogP) is 4.56. The summed E-state index contributed by atoms with van der Waals surface area (Å²) in [7, 11) is 1.95. The maximum absolute atomic E-state index is 14.2. The van der Waals surface area contributed by atoms with Crippen molar-refractivity contribution in [1.82, 2.24) is 0 Å². The molecule has 0 heterocycles. The molecule has 0 saturated carbocycles. The van der Waals surface area contributed by atoms with E-state index in [0.29, 0.717) is 0 Å². The lowest BCUT2D eigenvalue weighted by Crippen LogP contribution is -2.42. The first kappa shape index (κ1) is 21.8. The quantitative estimate of drug-likeness (QED) is 0.536. The van der Waals surface area contributed by atoms with Gasteiger partial charge in [-0.1, -0.05) is 0 Å². The number of ether oxygens (including phenoxy) is 3. The van der Waals surface area contributed by atoms with E-state index in [1.807, 2.05) is 0 Å². The van der Waals surface area contributed by atoms with E-state index in [4.69, 9.17) is 0 Å². The summed E-state index contributed by atoms with van der Waals surface area (Å²) in [5.74, 6) is -14.2. The number of alkyl halides is 2. The van der Waals surface area contributed by atoms with Crippen molar-refractivity contribution in [2.24, 2.45) is 0 Å². The summed E-state index contributed by atoms with van der Waals surface area (Å²) in [6.45, 7) is -1.50. The van der Waals surface area contributed by atoms with Gasteiger partial charge in [0.1, 0.15) is 0 Å². The Labute approximate surface area is 126 Å². The summed E-state index contributed by atoms with van der Waals surface area (Å²) >= 11 is 0. The SMILES string of the molecule is COCCC(F)(OC(F)(CCOC)C(F)=C(F)F)C(F)=C(F)F. The lowest BCUT2D eigenvalue weighted by atomic mass is 10.1. The Morgan fingerprint density at radius 1 is 0.696 bits per heavy atom. The van der Waals surface area contributed by atoms with Gasteiger partial charge in [-0.05, 0) is 0 Å². The molecule has 0 aliphatic carbocycles. The number of rotatable bonds is 10. The molecule has 0 saturated heterocycles. The molecule has 0 N–H and O–H groups in total. The normalized spacial score (nSPS) is 16.4. The lowest BCUT2D eigenvalue weighted by Gasteiger charge is -2.32. The average Bonchev–Trinajstić information content (AvgIpc) is 2.49. The molecule has 0 aliphatic rings. The van der Waals surface area contributed by atoms with Crippen LogP contribution in [0.15, 0.2) is 23.8 Å². The van der Waals surface area contributed by atoms with Gasteiger partial charge in [0.2, 0.25) is 11.7 Å². The van der Waals surface area contributed by atoms with Crippen LogP contribution in [0.2, 0.25) is 0 Å². The third kappa shape index (κ3) is 6.07. The Kier molecular flexibility index (Phi) is 8.70. The van der Waals surface area contributed by atoms with Crippen LogP contribution in [0.3, 0.4) is 0 Å². The van der Waals surface area contributed by atoms with Gasteiger partial charge < -0.3 is 9.47 Å². The van der Waals surface area contributed by atoms with Gasteiger partial charge in [-0.3, -0.25) is 4.74 Å². The highest BCUT2D eigenvalue weighted by Crippen LogP contribution is 2.42. The van der Waals surface area contributed by atoms with Crippen LogP contribution in [0.25, 0.3) is 0 Å². The molecule has 2 atom stereocenters. The third-order valence-electron chi connectivity index (χ3n) is 2.57. The first-order chi connectivity index (χ1) is 10.5. The van der Waals surface area contributed by atoms with Crippen molar-refractivity contribution in [3.05, 3.63) is 23.8 Å². The van der Waals surface area contributed by atoms with E-state index in [9.17, 15) is 35.1 Å². The Hall–Kier alpha value is -1.20. The van der Waals surface area contributed by atoms with Gasteiger partial charge in [0, 0.05) is 27.1 Å². The monoisotopic (exact) mass is 358 g/mol. The van der Waals surface area contributed by atoms with Crippen LogP contribution >= 0.6 is 0 Å². The number of methoxy groups -OCH3 is 2.